The van der Waals surface area contributed by atoms with Crippen molar-refractivity contribution in [3.8, 4) is 11.1 Å². The summed E-state index contributed by atoms with van der Waals surface area (Å²) < 4.78 is 6.37. The molecule has 5 aromatic carbocycles. The Balaban J connectivity index is 1.37. The van der Waals surface area contributed by atoms with E-state index in [2.05, 4.69) is 114 Å². The van der Waals surface area contributed by atoms with E-state index < -0.39 is 0 Å². The van der Waals surface area contributed by atoms with Gasteiger partial charge in [-0.1, -0.05) is 109 Å². The third kappa shape index (κ3) is 4.00. The number of nitrogens with zero attached hydrogens (tertiary/aromatic N) is 2. The average molecular weight is 542 g/mol. The first kappa shape index (κ1) is 24.3. The van der Waals surface area contributed by atoms with Crippen LogP contribution in [0.4, 0.5) is 0 Å². The summed E-state index contributed by atoms with van der Waals surface area (Å²) in [6.45, 7) is 2.16. The summed E-state index contributed by atoms with van der Waals surface area (Å²) in [5.74, 6) is 0.839. The van der Waals surface area contributed by atoms with Gasteiger partial charge in [-0.3, -0.25) is 4.98 Å². The molecule has 7 aromatic rings. The Morgan fingerprint density at radius 3 is 2.26 bits per heavy atom. The Morgan fingerprint density at radius 2 is 1.40 bits per heavy atom. The lowest BCUT2D eigenvalue weighted by molar-refractivity contribution is 0.667. The molecule has 42 heavy (non-hydrogen) atoms. The quantitative estimate of drug-likeness (QED) is 0.242. The van der Waals surface area contributed by atoms with E-state index >= 15 is 0 Å². The summed E-state index contributed by atoms with van der Waals surface area (Å²) in [4.78, 5) is 9.86. The Morgan fingerprint density at radius 1 is 0.643 bits per heavy atom. The van der Waals surface area contributed by atoms with Gasteiger partial charge in [-0.25, -0.2) is 4.99 Å². The standard InChI is InChI=1S/C38H27N3O/c1-24-36(26-12-4-2-5-13-26)40-38(27-14-6-3-7-15-27)41-37(24)32-22-39-23-34-35(32)31-21-28(19-20-33(31)42-34)30-18-10-16-25-11-8-9-17-29(25)30/h2-23,36H,1H3,(H,40,41). The number of nitrogens with one attached hydrogen (secondary N) is 1. The van der Waals surface area contributed by atoms with Crippen LogP contribution in [0, 0.1) is 0 Å². The van der Waals surface area contributed by atoms with Gasteiger partial charge in [0.1, 0.15) is 11.4 Å². The topological polar surface area (TPSA) is 50.4 Å². The number of amidine groups is 1. The minimum Gasteiger partial charge on any atom is -0.454 e. The van der Waals surface area contributed by atoms with E-state index in [9.17, 15) is 0 Å². The molecule has 2 aromatic heterocycles. The van der Waals surface area contributed by atoms with Crippen molar-refractivity contribution in [3.05, 3.63) is 156 Å². The number of rotatable bonds is 4. The normalized spacial score (nSPS) is 15.3. The van der Waals surface area contributed by atoms with Gasteiger partial charge in [0.15, 0.2) is 5.58 Å². The van der Waals surface area contributed by atoms with Gasteiger partial charge in [0.2, 0.25) is 0 Å². The molecule has 0 spiro atoms. The third-order valence-electron chi connectivity index (χ3n) is 8.23. The maximum absolute atomic E-state index is 6.37. The first-order chi connectivity index (χ1) is 20.7. The summed E-state index contributed by atoms with van der Waals surface area (Å²) in [6.07, 6.45) is 3.74. The van der Waals surface area contributed by atoms with Crippen LogP contribution in [-0.4, -0.2) is 10.8 Å². The van der Waals surface area contributed by atoms with E-state index in [4.69, 9.17) is 9.41 Å². The van der Waals surface area contributed by atoms with Crippen LogP contribution in [0.3, 0.4) is 0 Å². The molecule has 200 valence electrons. The number of aliphatic imine (C=N–C) groups is 1. The van der Waals surface area contributed by atoms with Gasteiger partial charge in [0.25, 0.3) is 0 Å². The number of fused-ring (bicyclic) bond motifs is 4. The molecule has 0 aliphatic carbocycles. The van der Waals surface area contributed by atoms with Crippen molar-refractivity contribution in [3.63, 3.8) is 0 Å². The van der Waals surface area contributed by atoms with Crippen molar-refractivity contribution in [1.29, 1.82) is 0 Å². The van der Waals surface area contributed by atoms with E-state index in [1.54, 1.807) is 0 Å². The lowest BCUT2D eigenvalue weighted by Crippen LogP contribution is -2.33. The van der Waals surface area contributed by atoms with Crippen molar-refractivity contribution >= 4 is 44.2 Å². The highest BCUT2D eigenvalue weighted by atomic mass is 16.3. The van der Waals surface area contributed by atoms with Gasteiger partial charge in [0.05, 0.1) is 17.9 Å². The van der Waals surface area contributed by atoms with Crippen molar-refractivity contribution in [2.24, 2.45) is 4.99 Å². The zero-order chi connectivity index (χ0) is 28.0. The molecule has 0 bridgehead atoms. The van der Waals surface area contributed by atoms with Crippen LogP contribution in [0.25, 0.3) is 49.5 Å². The first-order valence-corrected chi connectivity index (χ1v) is 14.2. The van der Waals surface area contributed by atoms with Gasteiger partial charge >= 0.3 is 0 Å². The molecule has 4 heteroatoms. The molecule has 8 rings (SSSR count). The summed E-state index contributed by atoms with van der Waals surface area (Å²) >= 11 is 0. The SMILES string of the molecule is CC1=C(c2cncc3oc4ccc(-c5cccc6ccccc56)cc4c23)N=C(c2ccccc2)NC1c1ccccc1. The van der Waals surface area contributed by atoms with Crippen LogP contribution in [0.1, 0.15) is 29.7 Å². The van der Waals surface area contributed by atoms with Crippen molar-refractivity contribution in [1.82, 2.24) is 10.3 Å². The minimum absolute atomic E-state index is 0.0337. The number of furan rings is 1. The molecule has 0 saturated heterocycles. The van der Waals surface area contributed by atoms with Crippen molar-refractivity contribution in [2.75, 3.05) is 0 Å². The molecule has 1 aliphatic rings. The van der Waals surface area contributed by atoms with E-state index in [0.717, 1.165) is 55.7 Å². The third-order valence-corrected chi connectivity index (χ3v) is 8.23. The van der Waals surface area contributed by atoms with Gasteiger partial charge in [-0.15, -0.1) is 0 Å². The number of hydrogen-bond donors (Lipinski definition) is 1. The van der Waals surface area contributed by atoms with E-state index in [1.807, 2.05) is 36.7 Å². The summed E-state index contributed by atoms with van der Waals surface area (Å²) in [7, 11) is 0. The van der Waals surface area contributed by atoms with Crippen LogP contribution in [-0.2, 0) is 0 Å². The molecule has 1 aliphatic heterocycles. The Hall–Kier alpha value is -5.48. The molecule has 1 atom stereocenters. The molecule has 0 saturated carbocycles. The lowest BCUT2D eigenvalue weighted by atomic mass is 9.92. The highest BCUT2D eigenvalue weighted by molar-refractivity contribution is 6.13. The molecule has 1 N–H and O–H groups in total. The fourth-order valence-corrected chi connectivity index (χ4v) is 6.16. The van der Waals surface area contributed by atoms with Crippen molar-refractivity contribution in [2.45, 2.75) is 13.0 Å². The molecule has 1 unspecified atom stereocenters. The molecule has 0 amide bonds. The Bertz CT molecular complexity index is 2170. The van der Waals surface area contributed by atoms with E-state index in [-0.39, 0.29) is 6.04 Å². The number of hydrogen-bond acceptors (Lipinski definition) is 4. The molecule has 4 nitrogen and oxygen atoms in total. The molecular weight excluding hydrogens is 514 g/mol. The second kappa shape index (κ2) is 9.86. The molecule has 0 radical (unpaired) electrons. The predicted octanol–water partition coefficient (Wildman–Crippen LogP) is 9.32. The maximum Gasteiger partial charge on any atom is 0.154 e. The van der Waals surface area contributed by atoms with Gasteiger partial charge in [-0.2, -0.15) is 0 Å². The smallest absolute Gasteiger partial charge is 0.154 e. The van der Waals surface area contributed by atoms with Crippen LogP contribution >= 0.6 is 0 Å². The summed E-state index contributed by atoms with van der Waals surface area (Å²) in [5, 5.41) is 8.25. The highest BCUT2D eigenvalue weighted by Gasteiger charge is 2.27. The second-order valence-corrected chi connectivity index (χ2v) is 10.7. The van der Waals surface area contributed by atoms with Gasteiger partial charge < -0.3 is 9.73 Å². The maximum atomic E-state index is 6.37. The predicted molar refractivity (Wildman–Crippen MR) is 172 cm³/mol. The molecular formula is C38H27N3O. The first-order valence-electron chi connectivity index (χ1n) is 14.2. The monoisotopic (exact) mass is 541 g/mol. The molecule has 3 heterocycles. The Kier molecular flexibility index (Phi) is 5.71. The van der Waals surface area contributed by atoms with Crippen LogP contribution < -0.4 is 5.32 Å². The number of benzene rings is 5. The lowest BCUT2D eigenvalue weighted by Gasteiger charge is -2.29. The van der Waals surface area contributed by atoms with Crippen LogP contribution in [0.15, 0.2) is 149 Å². The summed E-state index contributed by atoms with van der Waals surface area (Å²) in [6, 6.07) is 42.3. The van der Waals surface area contributed by atoms with Gasteiger partial charge in [-0.05, 0) is 52.1 Å². The minimum atomic E-state index is -0.0337. The average Bonchev–Trinajstić information content (AvgIpc) is 3.44. The fourth-order valence-electron chi connectivity index (χ4n) is 6.16. The van der Waals surface area contributed by atoms with E-state index in [0.29, 0.717) is 0 Å². The number of aromatic nitrogens is 1. The van der Waals surface area contributed by atoms with Crippen LogP contribution in [0.5, 0.6) is 0 Å². The molecule has 0 fully saturated rings. The van der Waals surface area contributed by atoms with Crippen LogP contribution in [0.2, 0.25) is 0 Å². The van der Waals surface area contributed by atoms with Gasteiger partial charge in [0, 0.05) is 28.1 Å². The van der Waals surface area contributed by atoms with E-state index in [1.165, 1.54) is 21.9 Å². The highest BCUT2D eigenvalue weighted by Crippen LogP contribution is 2.41. The Labute approximate surface area is 243 Å². The summed E-state index contributed by atoms with van der Waals surface area (Å²) in [5.41, 5.74) is 9.18. The zero-order valence-electron chi connectivity index (χ0n) is 23.1. The fraction of sp³-hybridized carbons (Fsp3) is 0.0526. The second-order valence-electron chi connectivity index (χ2n) is 10.7. The number of pyridine rings is 1. The largest absolute Gasteiger partial charge is 0.454 e. The van der Waals surface area contributed by atoms with Crippen molar-refractivity contribution < 1.29 is 4.42 Å². The zero-order valence-corrected chi connectivity index (χ0v) is 23.1.